The van der Waals surface area contributed by atoms with Gasteiger partial charge in [-0.25, -0.2) is 4.98 Å². The summed E-state index contributed by atoms with van der Waals surface area (Å²) in [4.78, 5) is 21.0. The summed E-state index contributed by atoms with van der Waals surface area (Å²) in [6, 6.07) is 14.0. The Bertz CT molecular complexity index is 1020. The largest absolute Gasteiger partial charge is 0.319 e. The number of anilines is 1. The second kappa shape index (κ2) is 7.31. The van der Waals surface area contributed by atoms with E-state index in [1.54, 1.807) is 24.3 Å². The zero-order chi connectivity index (χ0) is 17.8. The van der Waals surface area contributed by atoms with E-state index in [1.165, 1.54) is 12.3 Å². The van der Waals surface area contributed by atoms with Crippen LogP contribution >= 0.6 is 23.2 Å². The molecule has 0 saturated carbocycles. The van der Waals surface area contributed by atoms with Gasteiger partial charge in [-0.05, 0) is 30.3 Å². The molecule has 0 fully saturated rings. The zero-order valence-corrected chi connectivity index (χ0v) is 14.2. The standard InChI is InChI=1S/C18H10Cl2N4O/c19-13-4-3-5-14(20)17(13)24-18(25)11(9-21)8-12-10-22-15-6-1-2-7-16(15)23-12/h1-8,10H,(H,24,25)/b11-8+. The summed E-state index contributed by atoms with van der Waals surface area (Å²) in [5, 5.41) is 12.4. The molecule has 1 heterocycles. The van der Waals surface area contributed by atoms with Crippen LogP contribution in [0.3, 0.4) is 0 Å². The molecular formula is C18H10Cl2N4O. The summed E-state index contributed by atoms with van der Waals surface area (Å²) in [6.45, 7) is 0. The highest BCUT2D eigenvalue weighted by Crippen LogP contribution is 2.30. The van der Waals surface area contributed by atoms with Crippen LogP contribution in [0.1, 0.15) is 5.69 Å². The summed E-state index contributed by atoms with van der Waals surface area (Å²) in [6.07, 6.45) is 2.86. The number of carbonyl (C=O) groups excluding carboxylic acids is 1. The van der Waals surface area contributed by atoms with Gasteiger partial charge in [0.15, 0.2) is 0 Å². The molecule has 0 unspecified atom stereocenters. The average Bonchev–Trinajstić information content (AvgIpc) is 2.62. The van der Waals surface area contributed by atoms with Gasteiger partial charge in [0.1, 0.15) is 11.6 Å². The average molecular weight is 369 g/mol. The fourth-order valence-corrected chi connectivity index (χ4v) is 2.63. The van der Waals surface area contributed by atoms with Gasteiger partial charge in [0, 0.05) is 0 Å². The van der Waals surface area contributed by atoms with E-state index >= 15 is 0 Å². The van der Waals surface area contributed by atoms with Gasteiger partial charge < -0.3 is 5.32 Å². The number of para-hydroxylation sites is 3. The molecule has 2 aromatic carbocycles. The number of nitrogens with zero attached hydrogens (tertiary/aromatic N) is 3. The van der Waals surface area contributed by atoms with E-state index in [0.29, 0.717) is 11.2 Å². The normalized spacial score (nSPS) is 11.2. The van der Waals surface area contributed by atoms with Crippen LogP contribution in [0.2, 0.25) is 10.0 Å². The van der Waals surface area contributed by atoms with E-state index in [2.05, 4.69) is 15.3 Å². The van der Waals surface area contributed by atoms with Crippen molar-refractivity contribution in [2.24, 2.45) is 0 Å². The number of hydrogen-bond donors (Lipinski definition) is 1. The van der Waals surface area contributed by atoms with E-state index in [-0.39, 0.29) is 21.3 Å². The maximum absolute atomic E-state index is 12.3. The minimum atomic E-state index is -0.632. The van der Waals surface area contributed by atoms with E-state index in [9.17, 15) is 10.1 Å². The molecule has 0 aliphatic rings. The van der Waals surface area contributed by atoms with Crippen molar-refractivity contribution in [2.45, 2.75) is 0 Å². The van der Waals surface area contributed by atoms with Gasteiger partial charge in [0.2, 0.25) is 0 Å². The van der Waals surface area contributed by atoms with Crippen LogP contribution in [0.25, 0.3) is 17.1 Å². The topological polar surface area (TPSA) is 78.7 Å². The Balaban J connectivity index is 1.91. The number of aromatic nitrogens is 2. The third kappa shape index (κ3) is 3.77. The van der Waals surface area contributed by atoms with Crippen LogP contribution in [0.4, 0.5) is 5.69 Å². The summed E-state index contributed by atoms with van der Waals surface area (Å²) < 4.78 is 0. The molecule has 1 amide bonds. The van der Waals surface area contributed by atoms with Crippen molar-refractivity contribution in [1.29, 1.82) is 5.26 Å². The van der Waals surface area contributed by atoms with Crippen LogP contribution in [0.5, 0.6) is 0 Å². The maximum Gasteiger partial charge on any atom is 0.266 e. The highest BCUT2D eigenvalue weighted by atomic mass is 35.5. The summed E-state index contributed by atoms with van der Waals surface area (Å²) in [7, 11) is 0. The van der Waals surface area contributed by atoms with Gasteiger partial charge in [-0.3, -0.25) is 9.78 Å². The smallest absolute Gasteiger partial charge is 0.266 e. The van der Waals surface area contributed by atoms with Crippen LogP contribution in [-0.4, -0.2) is 15.9 Å². The first-order valence-electron chi connectivity index (χ1n) is 7.17. The molecule has 0 bridgehead atoms. The van der Waals surface area contributed by atoms with E-state index < -0.39 is 5.91 Å². The maximum atomic E-state index is 12.3. The summed E-state index contributed by atoms with van der Waals surface area (Å²) >= 11 is 12.0. The van der Waals surface area contributed by atoms with Gasteiger partial charge in [0.25, 0.3) is 5.91 Å². The predicted molar refractivity (Wildman–Crippen MR) is 98.2 cm³/mol. The van der Waals surface area contributed by atoms with Gasteiger partial charge >= 0.3 is 0 Å². The molecule has 122 valence electrons. The first kappa shape index (κ1) is 16.9. The van der Waals surface area contributed by atoms with Crippen molar-refractivity contribution in [1.82, 2.24) is 9.97 Å². The van der Waals surface area contributed by atoms with E-state index in [0.717, 1.165) is 5.52 Å². The fraction of sp³-hybridized carbons (Fsp3) is 0. The molecule has 0 aliphatic carbocycles. The van der Waals surface area contributed by atoms with Gasteiger partial charge in [0.05, 0.1) is 38.7 Å². The first-order chi connectivity index (χ1) is 12.1. The quantitative estimate of drug-likeness (QED) is 0.545. The lowest BCUT2D eigenvalue weighted by Gasteiger charge is -2.08. The second-order valence-electron chi connectivity index (χ2n) is 5.00. The third-order valence-electron chi connectivity index (χ3n) is 3.33. The monoisotopic (exact) mass is 368 g/mol. The Kier molecular flexibility index (Phi) is 4.94. The molecule has 0 aliphatic heterocycles. The number of rotatable bonds is 3. The number of halogens is 2. The lowest BCUT2D eigenvalue weighted by molar-refractivity contribution is -0.112. The molecule has 3 aromatic rings. The van der Waals surface area contributed by atoms with E-state index in [1.807, 2.05) is 24.3 Å². The SMILES string of the molecule is N#C/C(=C\c1cnc2ccccc2n1)C(=O)Nc1c(Cl)cccc1Cl. The molecule has 7 heteroatoms. The second-order valence-corrected chi connectivity index (χ2v) is 5.82. The van der Waals surface area contributed by atoms with E-state index in [4.69, 9.17) is 23.2 Å². The fourth-order valence-electron chi connectivity index (χ4n) is 2.14. The molecule has 25 heavy (non-hydrogen) atoms. The van der Waals surface area contributed by atoms with Crippen molar-refractivity contribution in [3.63, 3.8) is 0 Å². The predicted octanol–water partition coefficient (Wildman–Crippen LogP) is 4.48. The van der Waals surface area contributed by atoms with Crippen LogP contribution in [0.15, 0.2) is 54.2 Å². The number of amides is 1. The third-order valence-corrected chi connectivity index (χ3v) is 3.96. The Hall–Kier alpha value is -2.94. The highest BCUT2D eigenvalue weighted by molar-refractivity contribution is 6.40. The van der Waals surface area contributed by atoms with Gasteiger partial charge in [-0.2, -0.15) is 5.26 Å². The van der Waals surface area contributed by atoms with Crippen molar-refractivity contribution in [3.8, 4) is 6.07 Å². The number of hydrogen-bond acceptors (Lipinski definition) is 4. The Labute approximate surface area is 153 Å². The number of benzene rings is 2. The summed E-state index contributed by atoms with van der Waals surface area (Å²) in [5.74, 6) is -0.632. The number of nitriles is 1. The van der Waals surface area contributed by atoms with Crippen LogP contribution < -0.4 is 5.32 Å². The lowest BCUT2D eigenvalue weighted by atomic mass is 10.2. The van der Waals surface area contributed by atoms with Crippen LogP contribution in [-0.2, 0) is 4.79 Å². The molecule has 0 radical (unpaired) electrons. The molecule has 0 saturated heterocycles. The number of carbonyl (C=O) groups is 1. The molecule has 0 atom stereocenters. The molecular weight excluding hydrogens is 359 g/mol. The summed E-state index contributed by atoms with van der Waals surface area (Å²) in [5.41, 5.74) is 1.91. The zero-order valence-electron chi connectivity index (χ0n) is 12.7. The molecule has 5 nitrogen and oxygen atoms in total. The minimum Gasteiger partial charge on any atom is -0.319 e. The van der Waals surface area contributed by atoms with Crippen LogP contribution in [0, 0.1) is 11.3 Å². The van der Waals surface area contributed by atoms with Crippen molar-refractivity contribution in [2.75, 3.05) is 5.32 Å². The van der Waals surface area contributed by atoms with Crippen molar-refractivity contribution in [3.05, 3.63) is 70.0 Å². The number of fused-ring (bicyclic) bond motifs is 1. The number of nitrogens with one attached hydrogen (secondary N) is 1. The molecule has 1 aromatic heterocycles. The minimum absolute atomic E-state index is 0.138. The first-order valence-corrected chi connectivity index (χ1v) is 7.93. The Morgan fingerprint density at radius 3 is 2.44 bits per heavy atom. The highest BCUT2D eigenvalue weighted by Gasteiger charge is 2.14. The lowest BCUT2D eigenvalue weighted by Crippen LogP contribution is -2.14. The molecule has 1 N–H and O–H groups in total. The Morgan fingerprint density at radius 1 is 1.08 bits per heavy atom. The molecule has 0 spiro atoms. The molecule has 3 rings (SSSR count). The Morgan fingerprint density at radius 2 is 1.76 bits per heavy atom. The van der Waals surface area contributed by atoms with Gasteiger partial charge in [-0.1, -0.05) is 41.4 Å². The van der Waals surface area contributed by atoms with Crippen molar-refractivity contribution >= 4 is 51.9 Å². The van der Waals surface area contributed by atoms with Crippen molar-refractivity contribution < 1.29 is 4.79 Å². The van der Waals surface area contributed by atoms with Gasteiger partial charge in [-0.15, -0.1) is 0 Å².